The van der Waals surface area contributed by atoms with E-state index >= 15 is 0 Å². The van der Waals surface area contributed by atoms with Crippen molar-refractivity contribution in [2.75, 3.05) is 0 Å². The Bertz CT molecular complexity index is 422. The third kappa shape index (κ3) is 11.5. The highest BCUT2D eigenvalue weighted by Gasteiger charge is 2.02. The molecule has 3 nitrogen and oxygen atoms in total. The van der Waals surface area contributed by atoms with E-state index in [2.05, 4.69) is 37.7 Å². The zero-order valence-electron chi connectivity index (χ0n) is 13.3. The van der Waals surface area contributed by atoms with Crippen LogP contribution in [0.25, 0.3) is 0 Å². The van der Waals surface area contributed by atoms with Gasteiger partial charge in [-0.15, -0.1) is 0 Å². The molecule has 0 aromatic carbocycles. The zero-order valence-corrected chi connectivity index (χ0v) is 13.3. The Kier molecular flexibility index (Phi) is 9.35. The van der Waals surface area contributed by atoms with Gasteiger partial charge in [0, 0.05) is 13.0 Å². The van der Waals surface area contributed by atoms with Gasteiger partial charge in [-0.05, 0) is 53.4 Å². The fourth-order valence-corrected chi connectivity index (χ4v) is 1.68. The predicted molar refractivity (Wildman–Crippen MR) is 82.2 cm³/mol. The molecule has 0 bridgehead atoms. The number of esters is 2. The molecule has 0 spiro atoms. The van der Waals surface area contributed by atoms with Crippen LogP contribution in [0.5, 0.6) is 0 Å². The van der Waals surface area contributed by atoms with Crippen LogP contribution in [0.2, 0.25) is 0 Å². The highest BCUT2D eigenvalue weighted by molar-refractivity contribution is 5.91. The smallest absolute Gasteiger partial charge is 0.338 e. The first-order valence-electron chi connectivity index (χ1n) is 6.99. The molecule has 0 saturated heterocycles. The number of rotatable bonds is 7. The maximum Gasteiger partial charge on any atom is 0.338 e. The molecule has 0 saturated carbocycles. The minimum Gasteiger partial charge on any atom is -0.390 e. The summed E-state index contributed by atoms with van der Waals surface area (Å²) in [5, 5.41) is 0. The largest absolute Gasteiger partial charge is 0.390 e. The van der Waals surface area contributed by atoms with Crippen LogP contribution in [0, 0.1) is 0 Å². The molecule has 3 heteroatoms. The molecule has 0 amide bonds. The van der Waals surface area contributed by atoms with Crippen LogP contribution in [0.1, 0.15) is 60.3 Å². The lowest BCUT2D eigenvalue weighted by molar-refractivity contribution is -0.154. The van der Waals surface area contributed by atoms with Gasteiger partial charge in [-0.3, -0.25) is 4.79 Å². The van der Waals surface area contributed by atoms with Gasteiger partial charge in [0.2, 0.25) is 0 Å². The average molecular weight is 278 g/mol. The molecular formula is C17H26O3. The Balaban J connectivity index is 4.08. The van der Waals surface area contributed by atoms with Gasteiger partial charge in [-0.2, -0.15) is 0 Å². The Morgan fingerprint density at radius 3 is 1.95 bits per heavy atom. The molecule has 0 aliphatic heterocycles. The molecule has 0 aliphatic carbocycles. The number of hydrogen-bond donors (Lipinski definition) is 0. The second kappa shape index (κ2) is 10.2. The van der Waals surface area contributed by atoms with Crippen LogP contribution in [-0.2, 0) is 14.3 Å². The molecular weight excluding hydrogens is 252 g/mol. The first-order chi connectivity index (χ1) is 9.31. The molecule has 0 radical (unpaired) electrons. The molecule has 0 aromatic rings. The molecule has 20 heavy (non-hydrogen) atoms. The minimum atomic E-state index is -0.584. The summed E-state index contributed by atoms with van der Waals surface area (Å²) in [6.07, 6.45) is 9.66. The van der Waals surface area contributed by atoms with Crippen molar-refractivity contribution in [3.8, 4) is 0 Å². The summed E-state index contributed by atoms with van der Waals surface area (Å²) in [5.74, 6) is -1.16. The molecule has 0 heterocycles. The van der Waals surface area contributed by atoms with Gasteiger partial charge >= 0.3 is 11.9 Å². The summed E-state index contributed by atoms with van der Waals surface area (Å²) < 4.78 is 4.45. The third-order valence-electron chi connectivity index (χ3n) is 2.73. The van der Waals surface area contributed by atoms with E-state index in [4.69, 9.17) is 0 Å². The molecule has 0 atom stereocenters. The molecule has 0 aliphatic rings. The lowest BCUT2D eigenvalue weighted by atomic mass is 10.1. The van der Waals surface area contributed by atoms with Crippen molar-refractivity contribution in [3.05, 3.63) is 34.9 Å². The fraction of sp³-hybridized carbons (Fsp3) is 0.529. The van der Waals surface area contributed by atoms with E-state index in [9.17, 15) is 9.59 Å². The molecule has 0 rings (SSSR count). The standard InChI is InChI=1S/C17H26O3/c1-13(2)8-6-9-14(3)10-7-11-15(4)12-17(19)20-16(5)18/h8,10,12H,6-7,9,11H2,1-5H3. The van der Waals surface area contributed by atoms with Gasteiger partial charge in [0.15, 0.2) is 0 Å². The highest BCUT2D eigenvalue weighted by Crippen LogP contribution is 2.11. The highest BCUT2D eigenvalue weighted by atomic mass is 16.6. The molecule has 0 fully saturated rings. The SMILES string of the molecule is CC(=O)OC(=O)C=C(C)CCC=C(C)CCC=C(C)C. The summed E-state index contributed by atoms with van der Waals surface area (Å²) in [6, 6.07) is 0. The maximum absolute atomic E-state index is 11.2. The molecule has 112 valence electrons. The lowest BCUT2D eigenvalue weighted by Crippen LogP contribution is -2.06. The van der Waals surface area contributed by atoms with Crippen molar-refractivity contribution in [1.29, 1.82) is 0 Å². The van der Waals surface area contributed by atoms with E-state index in [0.717, 1.165) is 31.3 Å². The van der Waals surface area contributed by atoms with E-state index in [0.29, 0.717) is 0 Å². The number of hydrogen-bond acceptors (Lipinski definition) is 3. The summed E-state index contributed by atoms with van der Waals surface area (Å²) >= 11 is 0. The van der Waals surface area contributed by atoms with E-state index in [1.54, 1.807) is 0 Å². The van der Waals surface area contributed by atoms with E-state index < -0.39 is 11.9 Å². The molecule has 0 unspecified atom stereocenters. The Hall–Kier alpha value is -1.64. The van der Waals surface area contributed by atoms with Crippen LogP contribution < -0.4 is 0 Å². The fourth-order valence-electron chi connectivity index (χ4n) is 1.68. The van der Waals surface area contributed by atoms with Crippen LogP contribution in [0.4, 0.5) is 0 Å². The second-order valence-corrected chi connectivity index (χ2v) is 5.31. The second-order valence-electron chi connectivity index (χ2n) is 5.31. The van der Waals surface area contributed by atoms with Crippen molar-refractivity contribution in [1.82, 2.24) is 0 Å². The Morgan fingerprint density at radius 2 is 1.40 bits per heavy atom. The van der Waals surface area contributed by atoms with Crippen molar-refractivity contribution in [2.45, 2.75) is 60.3 Å². The lowest BCUT2D eigenvalue weighted by Gasteiger charge is -2.01. The number of allylic oxidation sites excluding steroid dienone is 5. The first kappa shape index (κ1) is 18.4. The quantitative estimate of drug-likeness (QED) is 0.298. The van der Waals surface area contributed by atoms with Crippen molar-refractivity contribution in [3.63, 3.8) is 0 Å². The number of carbonyl (C=O) groups is 2. The Morgan fingerprint density at radius 1 is 0.850 bits per heavy atom. The van der Waals surface area contributed by atoms with Gasteiger partial charge in [-0.1, -0.05) is 28.9 Å². The van der Waals surface area contributed by atoms with Crippen molar-refractivity contribution in [2.24, 2.45) is 0 Å². The summed E-state index contributed by atoms with van der Waals surface area (Å²) in [6.45, 7) is 9.43. The summed E-state index contributed by atoms with van der Waals surface area (Å²) in [7, 11) is 0. The van der Waals surface area contributed by atoms with Crippen LogP contribution >= 0.6 is 0 Å². The molecule has 0 aromatic heterocycles. The van der Waals surface area contributed by atoms with Crippen molar-refractivity contribution < 1.29 is 14.3 Å². The minimum absolute atomic E-state index is 0.575. The third-order valence-corrected chi connectivity index (χ3v) is 2.73. The van der Waals surface area contributed by atoms with E-state index in [1.807, 2.05) is 6.92 Å². The topological polar surface area (TPSA) is 43.4 Å². The van der Waals surface area contributed by atoms with Crippen LogP contribution in [0.15, 0.2) is 34.9 Å². The molecule has 0 N–H and O–H groups in total. The van der Waals surface area contributed by atoms with E-state index in [1.165, 1.54) is 24.1 Å². The average Bonchev–Trinajstić information content (AvgIpc) is 2.26. The van der Waals surface area contributed by atoms with Crippen molar-refractivity contribution >= 4 is 11.9 Å². The van der Waals surface area contributed by atoms with Crippen LogP contribution in [-0.4, -0.2) is 11.9 Å². The Labute approximate surface area is 122 Å². The monoisotopic (exact) mass is 278 g/mol. The summed E-state index contributed by atoms with van der Waals surface area (Å²) in [4.78, 5) is 21.8. The predicted octanol–water partition coefficient (Wildman–Crippen LogP) is 4.50. The van der Waals surface area contributed by atoms with Gasteiger partial charge in [0.25, 0.3) is 0 Å². The maximum atomic E-state index is 11.2. The van der Waals surface area contributed by atoms with Crippen LogP contribution in [0.3, 0.4) is 0 Å². The number of carbonyl (C=O) groups excluding carboxylic acids is 2. The van der Waals surface area contributed by atoms with Gasteiger partial charge < -0.3 is 4.74 Å². The van der Waals surface area contributed by atoms with Gasteiger partial charge in [0.1, 0.15) is 0 Å². The first-order valence-corrected chi connectivity index (χ1v) is 6.99. The van der Waals surface area contributed by atoms with Gasteiger partial charge in [0.05, 0.1) is 0 Å². The van der Waals surface area contributed by atoms with Gasteiger partial charge in [-0.25, -0.2) is 4.79 Å². The summed E-state index contributed by atoms with van der Waals surface area (Å²) in [5.41, 5.74) is 3.63. The zero-order chi connectivity index (χ0) is 15.5. The van der Waals surface area contributed by atoms with E-state index in [-0.39, 0.29) is 0 Å². The normalized spacial score (nSPS) is 12.1. The number of ether oxygens (including phenoxy) is 1.